The van der Waals surface area contributed by atoms with E-state index in [1.54, 1.807) is 13.8 Å². The third-order valence-electron chi connectivity index (χ3n) is 2.33. The first-order chi connectivity index (χ1) is 9.83. The molecule has 0 aliphatic heterocycles. The summed E-state index contributed by atoms with van der Waals surface area (Å²) < 4.78 is 31.1. The lowest BCUT2D eigenvalue weighted by molar-refractivity contribution is -0.383. The van der Waals surface area contributed by atoms with Crippen molar-refractivity contribution in [3.05, 3.63) is 28.1 Å². The van der Waals surface area contributed by atoms with Crippen LogP contribution in [0, 0.1) is 17.0 Å². The molecule has 0 bridgehead atoms. The van der Waals surface area contributed by atoms with Crippen molar-refractivity contribution >= 4 is 38.1 Å². The average Bonchev–Trinajstić information content (AvgIpc) is 2.96. The van der Waals surface area contributed by atoms with Crippen molar-refractivity contribution in [2.45, 2.75) is 18.1 Å². The van der Waals surface area contributed by atoms with E-state index in [4.69, 9.17) is 4.42 Å². The highest BCUT2D eigenvalue weighted by molar-refractivity contribution is 7.94. The van der Waals surface area contributed by atoms with Crippen LogP contribution in [-0.4, -0.2) is 24.9 Å². The first-order valence-corrected chi connectivity index (χ1v) is 8.10. The van der Waals surface area contributed by atoms with Crippen molar-refractivity contribution in [2.24, 2.45) is 0 Å². The predicted molar refractivity (Wildman–Crippen MR) is 77.2 cm³/mol. The summed E-state index contributed by atoms with van der Waals surface area (Å²) in [6, 6.07) is 0.814. The van der Waals surface area contributed by atoms with E-state index in [9.17, 15) is 18.5 Å². The number of nitrogens with zero attached hydrogens (tertiary/aromatic N) is 2. The zero-order valence-corrected chi connectivity index (χ0v) is 12.7. The third-order valence-corrected chi connectivity index (χ3v) is 5.21. The molecule has 0 unspecified atom stereocenters. The highest BCUT2D eigenvalue weighted by Gasteiger charge is 2.27. The molecule has 0 saturated heterocycles. The fourth-order valence-corrected chi connectivity index (χ4v) is 3.81. The van der Waals surface area contributed by atoms with Gasteiger partial charge in [0.15, 0.2) is 5.00 Å². The quantitative estimate of drug-likeness (QED) is 0.613. The van der Waals surface area contributed by atoms with E-state index in [1.807, 2.05) is 0 Å². The summed E-state index contributed by atoms with van der Waals surface area (Å²) in [5, 5.41) is 13.9. The molecule has 2 aromatic rings. The Balaban J connectivity index is 2.35. The van der Waals surface area contributed by atoms with Gasteiger partial charge >= 0.3 is 11.7 Å². The normalized spacial score (nSPS) is 11.3. The number of aromatic nitrogens is 1. The molecule has 2 N–H and O–H groups in total. The Morgan fingerprint density at radius 3 is 2.76 bits per heavy atom. The van der Waals surface area contributed by atoms with E-state index >= 15 is 0 Å². The fraction of sp³-hybridized carbons (Fsp3) is 0.300. The molecular weight excluding hydrogens is 320 g/mol. The number of nitrogens with one attached hydrogen (secondary N) is 2. The van der Waals surface area contributed by atoms with E-state index in [0.717, 1.165) is 17.4 Å². The van der Waals surface area contributed by atoms with Gasteiger partial charge in [-0.25, -0.2) is 13.1 Å². The Labute approximate surface area is 124 Å². The summed E-state index contributed by atoms with van der Waals surface area (Å²) in [5.74, 6) is 0. The predicted octanol–water partition coefficient (Wildman–Crippen LogP) is 2.19. The van der Waals surface area contributed by atoms with E-state index < -0.39 is 14.9 Å². The summed E-state index contributed by atoms with van der Waals surface area (Å²) in [7, 11) is -3.99. The molecule has 2 rings (SSSR count). The minimum absolute atomic E-state index is 0.187. The highest BCUT2D eigenvalue weighted by Crippen LogP contribution is 2.37. The standard InChI is InChI=1S/C10H12N4O5S2/c1-3-11-9-7(14(15)16)4-8(20-9)21(17,18)13-10-12-6(2)5-19-10/h4-5,11H,3H2,1-2H3,(H,12,13). The van der Waals surface area contributed by atoms with Crippen LogP contribution in [0.1, 0.15) is 12.6 Å². The van der Waals surface area contributed by atoms with Crippen LogP contribution in [0.25, 0.3) is 0 Å². The van der Waals surface area contributed by atoms with Gasteiger partial charge in [-0.3, -0.25) is 10.1 Å². The second-order valence-electron chi connectivity index (χ2n) is 3.97. The molecular formula is C10H12N4O5S2. The lowest BCUT2D eigenvalue weighted by Crippen LogP contribution is -2.11. The van der Waals surface area contributed by atoms with Crippen molar-refractivity contribution in [1.82, 2.24) is 4.98 Å². The van der Waals surface area contributed by atoms with Gasteiger partial charge in [-0.05, 0) is 13.8 Å². The molecule has 2 aromatic heterocycles. The molecule has 0 saturated carbocycles. The first kappa shape index (κ1) is 15.3. The van der Waals surface area contributed by atoms with Crippen molar-refractivity contribution < 1.29 is 17.8 Å². The van der Waals surface area contributed by atoms with Crippen LogP contribution in [0.4, 0.5) is 16.7 Å². The van der Waals surface area contributed by atoms with Crippen molar-refractivity contribution in [3.8, 4) is 0 Å². The number of aryl methyl sites for hydroxylation is 1. The second-order valence-corrected chi connectivity index (χ2v) is 6.93. The van der Waals surface area contributed by atoms with Crippen LogP contribution in [0.5, 0.6) is 0 Å². The zero-order valence-electron chi connectivity index (χ0n) is 11.1. The lowest BCUT2D eigenvalue weighted by atomic mass is 10.5. The van der Waals surface area contributed by atoms with E-state index in [0.29, 0.717) is 12.2 Å². The lowest BCUT2D eigenvalue weighted by Gasteiger charge is -2.00. The van der Waals surface area contributed by atoms with Crippen LogP contribution >= 0.6 is 11.3 Å². The smallest absolute Gasteiger partial charge is 0.309 e. The molecule has 9 nitrogen and oxygen atoms in total. The third kappa shape index (κ3) is 3.31. The van der Waals surface area contributed by atoms with Crippen molar-refractivity contribution in [3.63, 3.8) is 0 Å². The molecule has 2 heterocycles. The van der Waals surface area contributed by atoms with Crippen molar-refractivity contribution in [2.75, 3.05) is 16.6 Å². The maximum atomic E-state index is 12.2. The van der Waals surface area contributed by atoms with Gasteiger partial charge in [-0.1, -0.05) is 11.3 Å². The summed E-state index contributed by atoms with van der Waals surface area (Å²) in [5.41, 5.74) is 0.226. The summed E-state index contributed by atoms with van der Waals surface area (Å²) in [4.78, 5) is 14.1. The van der Waals surface area contributed by atoms with Crippen LogP contribution in [0.3, 0.4) is 0 Å². The van der Waals surface area contributed by atoms with E-state index in [-0.39, 0.29) is 20.9 Å². The van der Waals surface area contributed by atoms with Gasteiger partial charge in [-0.2, -0.15) is 4.98 Å². The zero-order chi connectivity index (χ0) is 15.6. The molecule has 0 radical (unpaired) electrons. The number of thiophene rings is 1. The Morgan fingerprint density at radius 1 is 1.52 bits per heavy atom. The molecule has 0 aliphatic rings. The van der Waals surface area contributed by atoms with Gasteiger partial charge in [0.1, 0.15) is 10.5 Å². The maximum Gasteiger partial charge on any atom is 0.309 e. The number of anilines is 2. The fourth-order valence-electron chi connectivity index (χ4n) is 1.48. The molecule has 0 amide bonds. The molecule has 21 heavy (non-hydrogen) atoms. The van der Waals surface area contributed by atoms with E-state index in [1.165, 1.54) is 6.26 Å². The Hall–Kier alpha value is -2.14. The number of sulfonamides is 1. The molecule has 0 atom stereocenters. The van der Waals surface area contributed by atoms with Gasteiger partial charge in [0, 0.05) is 12.6 Å². The second kappa shape index (κ2) is 5.69. The topological polar surface area (TPSA) is 127 Å². The SMILES string of the molecule is CCNc1sc(S(=O)(=O)Nc2nc(C)co2)cc1[N+](=O)[O-]. The Morgan fingerprint density at radius 2 is 2.24 bits per heavy atom. The van der Waals surface area contributed by atoms with Crippen LogP contribution < -0.4 is 10.0 Å². The number of hydrogen-bond acceptors (Lipinski definition) is 8. The number of hydrogen-bond donors (Lipinski definition) is 2. The number of rotatable bonds is 6. The molecule has 0 fully saturated rings. The Kier molecular flexibility index (Phi) is 4.14. The van der Waals surface area contributed by atoms with Crippen molar-refractivity contribution in [1.29, 1.82) is 0 Å². The Bertz CT molecular complexity index is 764. The molecule has 114 valence electrons. The molecule has 11 heteroatoms. The maximum absolute atomic E-state index is 12.2. The average molecular weight is 332 g/mol. The van der Waals surface area contributed by atoms with Gasteiger partial charge in [0.2, 0.25) is 0 Å². The first-order valence-electron chi connectivity index (χ1n) is 5.80. The van der Waals surface area contributed by atoms with Crippen LogP contribution in [0.2, 0.25) is 0 Å². The minimum Gasteiger partial charge on any atom is -0.431 e. The summed E-state index contributed by atoms with van der Waals surface area (Å²) >= 11 is 0.773. The van der Waals surface area contributed by atoms with E-state index in [2.05, 4.69) is 15.0 Å². The molecule has 0 spiro atoms. The van der Waals surface area contributed by atoms with Crippen LogP contribution in [-0.2, 0) is 10.0 Å². The molecule has 0 aliphatic carbocycles. The highest BCUT2D eigenvalue weighted by atomic mass is 32.2. The van der Waals surface area contributed by atoms with Gasteiger partial charge in [0.25, 0.3) is 10.0 Å². The monoisotopic (exact) mass is 332 g/mol. The van der Waals surface area contributed by atoms with Crippen LogP contribution in [0.15, 0.2) is 21.0 Å². The van der Waals surface area contributed by atoms with Gasteiger partial charge in [0.05, 0.1) is 10.6 Å². The largest absolute Gasteiger partial charge is 0.431 e. The van der Waals surface area contributed by atoms with Gasteiger partial charge in [-0.15, -0.1) is 0 Å². The minimum atomic E-state index is -3.99. The van der Waals surface area contributed by atoms with Gasteiger partial charge < -0.3 is 9.73 Å². The number of oxazole rings is 1. The molecule has 0 aromatic carbocycles. The summed E-state index contributed by atoms with van der Waals surface area (Å²) in [6.45, 7) is 3.83. The summed E-state index contributed by atoms with van der Waals surface area (Å²) in [6.07, 6.45) is 1.29. The number of nitro groups is 1.